The lowest BCUT2D eigenvalue weighted by Gasteiger charge is -2.32. The van der Waals surface area contributed by atoms with Gasteiger partial charge in [0.05, 0.1) is 11.1 Å². The van der Waals surface area contributed by atoms with Crippen LogP contribution in [0.5, 0.6) is 0 Å². The second-order valence-corrected chi connectivity index (χ2v) is 8.15. The van der Waals surface area contributed by atoms with E-state index in [4.69, 9.17) is 9.47 Å². The van der Waals surface area contributed by atoms with Crippen LogP contribution in [-0.2, 0) is 9.47 Å². The van der Waals surface area contributed by atoms with Crippen LogP contribution in [0.25, 0.3) is 0 Å². The maximum Gasteiger partial charge on any atom is 0.339 e. The molecule has 0 amide bonds. The van der Waals surface area contributed by atoms with Gasteiger partial charge in [0.1, 0.15) is 11.2 Å². The summed E-state index contributed by atoms with van der Waals surface area (Å²) >= 11 is 0. The first-order valence-corrected chi connectivity index (χ1v) is 9.51. The zero-order valence-corrected chi connectivity index (χ0v) is 17.5. The summed E-state index contributed by atoms with van der Waals surface area (Å²) in [6, 6.07) is 6.68. The Balaban J connectivity index is 3.07. The Morgan fingerprint density at radius 1 is 0.808 bits per heavy atom. The maximum atomic E-state index is 12.7. The lowest BCUT2D eigenvalue weighted by atomic mass is 9.90. The van der Waals surface area contributed by atoms with Gasteiger partial charge >= 0.3 is 11.9 Å². The molecule has 2 atom stereocenters. The molecule has 0 saturated heterocycles. The van der Waals surface area contributed by atoms with Gasteiger partial charge in [0.2, 0.25) is 0 Å². The van der Waals surface area contributed by atoms with Gasteiger partial charge < -0.3 is 9.47 Å². The van der Waals surface area contributed by atoms with Crippen molar-refractivity contribution in [3.8, 4) is 0 Å². The summed E-state index contributed by atoms with van der Waals surface area (Å²) in [6.07, 6.45) is 1.79. The standard InChI is InChI=1S/C22H34O4/c1-9-15(3)21(5,6)25-19(23)17-13-11-12-14-18(17)20(24)26-22(7,8)16(4)10-2/h11-16H,9-10H2,1-8H3. The van der Waals surface area contributed by atoms with E-state index < -0.39 is 23.1 Å². The highest BCUT2D eigenvalue weighted by molar-refractivity contribution is 6.03. The highest BCUT2D eigenvalue weighted by Gasteiger charge is 2.33. The number of carbonyl (C=O) groups excluding carboxylic acids is 2. The first-order valence-electron chi connectivity index (χ1n) is 9.51. The lowest BCUT2D eigenvalue weighted by molar-refractivity contribution is -0.0309. The van der Waals surface area contributed by atoms with E-state index in [0.29, 0.717) is 0 Å². The average molecular weight is 363 g/mol. The van der Waals surface area contributed by atoms with Gasteiger partial charge in [-0.05, 0) is 64.5 Å². The molecule has 0 saturated carbocycles. The van der Waals surface area contributed by atoms with Crippen molar-refractivity contribution >= 4 is 11.9 Å². The Morgan fingerprint density at radius 3 is 1.38 bits per heavy atom. The van der Waals surface area contributed by atoms with Gasteiger partial charge in [-0.3, -0.25) is 0 Å². The Labute approximate surface area is 158 Å². The van der Waals surface area contributed by atoms with Gasteiger partial charge in [0.15, 0.2) is 0 Å². The number of esters is 2. The van der Waals surface area contributed by atoms with E-state index in [1.165, 1.54) is 0 Å². The average Bonchev–Trinajstić information content (AvgIpc) is 2.59. The molecule has 26 heavy (non-hydrogen) atoms. The third-order valence-electron chi connectivity index (χ3n) is 5.68. The van der Waals surface area contributed by atoms with Crippen molar-refractivity contribution in [1.29, 1.82) is 0 Å². The molecule has 1 aromatic rings. The third kappa shape index (κ3) is 5.33. The van der Waals surface area contributed by atoms with Crippen molar-refractivity contribution in [3.05, 3.63) is 35.4 Å². The maximum absolute atomic E-state index is 12.7. The summed E-state index contributed by atoms with van der Waals surface area (Å²) in [5.41, 5.74) is -0.736. The first-order chi connectivity index (χ1) is 12.0. The minimum Gasteiger partial charge on any atom is -0.456 e. The van der Waals surface area contributed by atoms with Crippen molar-refractivity contribution in [2.45, 2.75) is 79.4 Å². The van der Waals surface area contributed by atoms with Gasteiger partial charge in [-0.15, -0.1) is 0 Å². The van der Waals surface area contributed by atoms with E-state index in [0.717, 1.165) is 12.8 Å². The fourth-order valence-electron chi connectivity index (χ4n) is 2.61. The van der Waals surface area contributed by atoms with E-state index in [-0.39, 0.29) is 23.0 Å². The first kappa shape index (κ1) is 22.2. The molecule has 0 radical (unpaired) electrons. The summed E-state index contributed by atoms with van der Waals surface area (Å²) in [4.78, 5) is 25.5. The lowest BCUT2D eigenvalue weighted by Crippen LogP contribution is -2.37. The van der Waals surface area contributed by atoms with E-state index in [1.54, 1.807) is 24.3 Å². The molecular formula is C22H34O4. The molecule has 4 heteroatoms. The van der Waals surface area contributed by atoms with Crippen LogP contribution >= 0.6 is 0 Å². The molecule has 4 nitrogen and oxygen atoms in total. The molecule has 0 heterocycles. The molecule has 0 fully saturated rings. The zero-order chi connectivity index (χ0) is 20.1. The van der Waals surface area contributed by atoms with Crippen LogP contribution in [-0.4, -0.2) is 23.1 Å². The number of ether oxygens (including phenoxy) is 2. The van der Waals surface area contributed by atoms with Gasteiger partial charge in [0.25, 0.3) is 0 Å². The molecule has 0 aliphatic heterocycles. The molecule has 146 valence electrons. The van der Waals surface area contributed by atoms with Crippen LogP contribution in [0.2, 0.25) is 0 Å². The van der Waals surface area contributed by atoms with Crippen LogP contribution in [0, 0.1) is 11.8 Å². The Kier molecular flexibility index (Phi) is 7.43. The molecule has 0 aromatic heterocycles. The van der Waals surface area contributed by atoms with Crippen LogP contribution in [0.1, 0.15) is 88.9 Å². The third-order valence-corrected chi connectivity index (χ3v) is 5.68. The van der Waals surface area contributed by atoms with Crippen molar-refractivity contribution in [3.63, 3.8) is 0 Å². The smallest absolute Gasteiger partial charge is 0.339 e. The monoisotopic (exact) mass is 362 g/mol. The Morgan fingerprint density at radius 2 is 1.12 bits per heavy atom. The van der Waals surface area contributed by atoms with Crippen molar-refractivity contribution in [1.82, 2.24) is 0 Å². The normalized spacial score (nSPS) is 14.5. The quantitative estimate of drug-likeness (QED) is 0.561. The predicted molar refractivity (Wildman–Crippen MR) is 104 cm³/mol. The van der Waals surface area contributed by atoms with Gasteiger partial charge in [-0.1, -0.05) is 39.8 Å². The fourth-order valence-corrected chi connectivity index (χ4v) is 2.61. The summed E-state index contributed by atoms with van der Waals surface area (Å²) in [5.74, 6) is -0.585. The Hall–Kier alpha value is -1.84. The highest BCUT2D eigenvalue weighted by atomic mass is 16.6. The molecular weight excluding hydrogens is 328 g/mol. The second-order valence-electron chi connectivity index (χ2n) is 8.15. The summed E-state index contributed by atoms with van der Waals surface area (Å²) < 4.78 is 11.4. The van der Waals surface area contributed by atoms with E-state index in [1.807, 2.05) is 41.5 Å². The number of carbonyl (C=O) groups is 2. The molecule has 1 rings (SSSR count). The zero-order valence-electron chi connectivity index (χ0n) is 17.5. The summed E-state index contributed by atoms with van der Waals surface area (Å²) in [5, 5.41) is 0. The minimum atomic E-state index is -0.612. The largest absolute Gasteiger partial charge is 0.456 e. The number of rotatable bonds is 8. The van der Waals surface area contributed by atoms with E-state index >= 15 is 0 Å². The topological polar surface area (TPSA) is 52.6 Å². The van der Waals surface area contributed by atoms with Crippen LogP contribution < -0.4 is 0 Å². The molecule has 0 aliphatic carbocycles. The fraction of sp³-hybridized carbons (Fsp3) is 0.636. The van der Waals surface area contributed by atoms with Crippen molar-refractivity contribution in [2.24, 2.45) is 11.8 Å². The van der Waals surface area contributed by atoms with E-state index in [2.05, 4.69) is 13.8 Å². The van der Waals surface area contributed by atoms with Crippen molar-refractivity contribution in [2.75, 3.05) is 0 Å². The molecule has 0 N–H and O–H groups in total. The Bertz CT molecular complexity index is 576. The number of hydrogen-bond donors (Lipinski definition) is 0. The van der Waals surface area contributed by atoms with Gasteiger partial charge in [-0.2, -0.15) is 0 Å². The minimum absolute atomic E-state index is 0.204. The highest BCUT2D eigenvalue weighted by Crippen LogP contribution is 2.28. The summed E-state index contributed by atoms with van der Waals surface area (Å²) in [6.45, 7) is 15.8. The van der Waals surface area contributed by atoms with Crippen LogP contribution in [0.3, 0.4) is 0 Å². The van der Waals surface area contributed by atoms with Crippen LogP contribution in [0.15, 0.2) is 24.3 Å². The predicted octanol–water partition coefficient (Wildman–Crippen LogP) is 5.65. The summed E-state index contributed by atoms with van der Waals surface area (Å²) in [7, 11) is 0. The molecule has 1 aromatic carbocycles. The molecule has 2 unspecified atom stereocenters. The number of benzene rings is 1. The molecule has 0 bridgehead atoms. The van der Waals surface area contributed by atoms with Crippen molar-refractivity contribution < 1.29 is 19.1 Å². The van der Waals surface area contributed by atoms with E-state index in [9.17, 15) is 9.59 Å². The number of hydrogen-bond acceptors (Lipinski definition) is 4. The SMILES string of the molecule is CCC(C)C(C)(C)OC(=O)c1ccccc1C(=O)OC(C)(C)C(C)CC. The van der Waals surface area contributed by atoms with Gasteiger partial charge in [-0.25, -0.2) is 9.59 Å². The van der Waals surface area contributed by atoms with Gasteiger partial charge in [0, 0.05) is 0 Å². The molecule has 0 spiro atoms. The molecule has 0 aliphatic rings. The second kappa shape index (κ2) is 8.70. The van der Waals surface area contributed by atoms with Crippen LogP contribution in [0.4, 0.5) is 0 Å².